The van der Waals surface area contributed by atoms with Gasteiger partial charge in [-0.2, -0.15) is 0 Å². The maximum Gasteiger partial charge on any atom is 0.339 e. The summed E-state index contributed by atoms with van der Waals surface area (Å²) in [7, 11) is 0. The lowest BCUT2D eigenvalue weighted by Gasteiger charge is -2.25. The summed E-state index contributed by atoms with van der Waals surface area (Å²) >= 11 is 0. The second-order valence-corrected chi connectivity index (χ2v) is 4.50. The van der Waals surface area contributed by atoms with Crippen molar-refractivity contribution >= 4 is 12.3 Å². The molecule has 4 atom stereocenters. The average molecular weight is 333 g/mol. The van der Waals surface area contributed by atoms with Crippen LogP contribution in [0.25, 0.3) is 0 Å². The highest BCUT2D eigenvalue weighted by Crippen LogP contribution is 2.35. The number of hydrogen-bond acceptors (Lipinski definition) is 10. The minimum atomic E-state index is -2.10. The van der Waals surface area contributed by atoms with Crippen LogP contribution in [0.5, 0.6) is 17.2 Å². The maximum absolute atomic E-state index is 11.9. The van der Waals surface area contributed by atoms with Crippen LogP contribution in [0.3, 0.4) is 0 Å². The summed E-state index contributed by atoms with van der Waals surface area (Å²) in [5, 5.41) is 65.0. The van der Waals surface area contributed by atoms with Crippen molar-refractivity contribution in [2.75, 3.05) is 6.61 Å². The molecule has 128 valence electrons. The highest BCUT2D eigenvalue weighted by Gasteiger charge is 2.34. The van der Waals surface area contributed by atoms with Gasteiger partial charge in [-0.05, 0) is 12.1 Å². The second-order valence-electron chi connectivity index (χ2n) is 4.50. The zero-order valence-corrected chi connectivity index (χ0v) is 11.5. The molecule has 10 nitrogen and oxygen atoms in total. The van der Waals surface area contributed by atoms with Gasteiger partial charge in [0.15, 0.2) is 29.6 Å². The van der Waals surface area contributed by atoms with Crippen molar-refractivity contribution < 1.29 is 51.4 Å². The van der Waals surface area contributed by atoms with Crippen LogP contribution in [0.1, 0.15) is 11.7 Å². The second kappa shape index (κ2) is 7.74. The molecule has 0 aliphatic rings. The van der Waals surface area contributed by atoms with Gasteiger partial charge in [0.05, 0.1) is 13.5 Å². The smallest absolute Gasteiger partial charge is 0.339 e. The number of carbonyl (C=O) groups is 2. The number of benzene rings is 1. The summed E-state index contributed by atoms with van der Waals surface area (Å²) < 4.78 is 12.0. The first-order chi connectivity index (χ1) is 11.1. The number of esters is 1. The zero-order chi connectivity index (χ0) is 18.6. The van der Waals surface area contributed by atoms with Crippen LogP contribution >= 0.6 is 0 Å². The Balaban J connectivity index is 3.02. The summed E-state index contributed by atoms with van der Waals surface area (Å²) in [5.41, 5.74) is -0.737. The lowest BCUT2D eigenvalue weighted by atomic mass is 10.0. The molecule has 1 aromatic carbocycles. The van der Waals surface area contributed by atoms with E-state index < -0.39 is 65.8 Å². The van der Waals surface area contributed by atoms with Gasteiger partial charge in [-0.3, -0.25) is 4.79 Å². The molecule has 0 aliphatic heterocycles. The topological polar surface area (TPSA) is 185 Å². The molecular weight excluding hydrogens is 316 g/mol. The monoisotopic (exact) mass is 333 g/mol. The van der Waals surface area contributed by atoms with Crippen molar-refractivity contribution in [3.05, 3.63) is 17.7 Å². The molecule has 0 amide bonds. The fraction of sp³-hybridized carbons (Fsp3) is 0.385. The summed E-state index contributed by atoms with van der Waals surface area (Å²) in [6.07, 6.45) is -7.97. The predicted octanol–water partition coefficient (Wildman–Crippen LogP) is -2.40. The fourth-order valence-electron chi connectivity index (χ4n) is 1.55. The lowest BCUT2D eigenvalue weighted by Crippen LogP contribution is -2.48. The number of aliphatic hydroxyl groups excluding tert-OH is 4. The molecule has 0 heterocycles. The van der Waals surface area contributed by atoms with Crippen molar-refractivity contribution in [3.8, 4) is 17.2 Å². The molecule has 1 aromatic rings. The molecule has 10 heteroatoms. The Hall–Kier alpha value is -2.40. The van der Waals surface area contributed by atoms with Crippen molar-refractivity contribution in [2.24, 2.45) is 0 Å². The Morgan fingerprint density at radius 2 is 1.83 bits per heavy atom. The van der Waals surface area contributed by atoms with E-state index in [0.29, 0.717) is 6.07 Å². The Morgan fingerprint density at radius 3 is 2.35 bits per heavy atom. The summed E-state index contributed by atoms with van der Waals surface area (Å²) in [5.74, 6) is -4.52. The molecule has 0 radical (unpaired) electrons. The Kier molecular flexibility index (Phi) is 5.71. The molecule has 0 bridgehead atoms. The van der Waals surface area contributed by atoms with E-state index in [-0.39, 0.29) is 6.29 Å². The molecular formula is C13H16O10. The van der Waals surface area contributed by atoms with Crippen LogP contribution in [0.4, 0.5) is 0 Å². The number of ether oxygens (including phenoxy) is 1. The molecule has 0 spiro atoms. The van der Waals surface area contributed by atoms with Gasteiger partial charge in [0, 0.05) is 0 Å². The predicted molar refractivity (Wildman–Crippen MR) is 71.8 cm³/mol. The van der Waals surface area contributed by atoms with E-state index in [1.165, 1.54) is 0 Å². The van der Waals surface area contributed by atoms with Crippen LogP contribution in [-0.4, -0.2) is 79.0 Å². The Labute approximate surface area is 130 Å². The number of aromatic hydroxyl groups is 3. The standard InChI is InChI=1S/C13H16O10/c14-3-8(18)11(20)12(21)9(4-15)23-13(22)5-1-6(16)10(19)7(17)2-5/h1-2,4,8-9,11-12,14,16-21H,3H2/t8-,9+,11-,12-/m1/s1/i1D. The van der Waals surface area contributed by atoms with Crippen LogP contribution < -0.4 is 0 Å². The Bertz CT molecular complexity index is 619. The van der Waals surface area contributed by atoms with Gasteiger partial charge >= 0.3 is 5.97 Å². The highest BCUT2D eigenvalue weighted by atomic mass is 16.6. The Morgan fingerprint density at radius 1 is 1.22 bits per heavy atom. The van der Waals surface area contributed by atoms with E-state index >= 15 is 0 Å². The number of phenols is 3. The molecule has 23 heavy (non-hydrogen) atoms. The minimum Gasteiger partial charge on any atom is -0.504 e. The van der Waals surface area contributed by atoms with E-state index in [9.17, 15) is 40.2 Å². The number of phenolic OH excluding ortho intramolecular Hbond substituents is 3. The summed E-state index contributed by atoms with van der Waals surface area (Å²) in [6, 6.07) is -0.321. The van der Waals surface area contributed by atoms with Crippen molar-refractivity contribution in [1.82, 2.24) is 0 Å². The number of carbonyl (C=O) groups excluding carboxylic acids is 2. The zero-order valence-electron chi connectivity index (χ0n) is 12.5. The van der Waals surface area contributed by atoms with Crippen molar-refractivity contribution in [2.45, 2.75) is 24.4 Å². The largest absolute Gasteiger partial charge is 0.504 e. The van der Waals surface area contributed by atoms with Gasteiger partial charge in [0.1, 0.15) is 18.3 Å². The third kappa shape index (κ3) is 4.29. The van der Waals surface area contributed by atoms with E-state index in [1.807, 2.05) is 0 Å². The highest BCUT2D eigenvalue weighted by molar-refractivity contribution is 5.92. The van der Waals surface area contributed by atoms with Gasteiger partial charge < -0.3 is 40.5 Å². The first kappa shape index (κ1) is 17.0. The van der Waals surface area contributed by atoms with E-state index in [0.717, 1.165) is 0 Å². The number of rotatable bonds is 7. The molecule has 0 unspecified atom stereocenters. The van der Waals surface area contributed by atoms with E-state index in [2.05, 4.69) is 4.74 Å². The van der Waals surface area contributed by atoms with Gasteiger partial charge in [-0.1, -0.05) is 0 Å². The number of aldehydes is 1. The van der Waals surface area contributed by atoms with Gasteiger partial charge in [-0.15, -0.1) is 0 Å². The van der Waals surface area contributed by atoms with E-state index in [1.54, 1.807) is 0 Å². The molecule has 0 fully saturated rings. The van der Waals surface area contributed by atoms with Gasteiger partial charge in [0.2, 0.25) is 0 Å². The van der Waals surface area contributed by atoms with E-state index in [4.69, 9.17) is 6.48 Å². The molecule has 0 aliphatic carbocycles. The quantitative estimate of drug-likeness (QED) is 0.161. The normalized spacial score (nSPS) is 16.8. The molecule has 0 saturated heterocycles. The van der Waals surface area contributed by atoms with Gasteiger partial charge in [0.25, 0.3) is 0 Å². The first-order valence-electron chi connectivity index (χ1n) is 6.71. The van der Waals surface area contributed by atoms with Crippen LogP contribution in [-0.2, 0) is 9.53 Å². The molecule has 1 rings (SSSR count). The first-order valence-corrected chi connectivity index (χ1v) is 6.21. The molecule has 7 N–H and O–H groups in total. The van der Waals surface area contributed by atoms with Crippen LogP contribution in [0.2, 0.25) is 0 Å². The van der Waals surface area contributed by atoms with Crippen molar-refractivity contribution in [1.29, 1.82) is 0 Å². The van der Waals surface area contributed by atoms with Crippen LogP contribution in [0.15, 0.2) is 12.1 Å². The number of hydrogen-bond donors (Lipinski definition) is 7. The maximum atomic E-state index is 11.9. The fourth-order valence-corrected chi connectivity index (χ4v) is 1.55. The summed E-state index contributed by atoms with van der Waals surface area (Å²) in [6.45, 7) is -0.936. The summed E-state index contributed by atoms with van der Waals surface area (Å²) in [4.78, 5) is 22.8. The lowest BCUT2D eigenvalue weighted by molar-refractivity contribution is -0.138. The average Bonchev–Trinajstić information content (AvgIpc) is 2.58. The third-order valence-corrected chi connectivity index (χ3v) is 2.87. The van der Waals surface area contributed by atoms with Gasteiger partial charge in [-0.25, -0.2) is 4.79 Å². The SMILES string of the molecule is [2H]c1c(C(=O)O[C@@H](C=O)[C@@H](O)[C@H](O)[C@H](O)CO)cc(O)c(O)c1O. The molecule has 0 saturated carbocycles. The van der Waals surface area contributed by atoms with Crippen molar-refractivity contribution in [3.63, 3.8) is 0 Å². The van der Waals surface area contributed by atoms with Crippen LogP contribution in [0, 0.1) is 0 Å². The number of aliphatic hydroxyl groups is 4. The third-order valence-electron chi connectivity index (χ3n) is 2.87. The molecule has 0 aromatic heterocycles. The minimum absolute atomic E-state index is 0.0698.